The van der Waals surface area contributed by atoms with Crippen molar-refractivity contribution in [3.8, 4) is 0 Å². The predicted octanol–water partition coefficient (Wildman–Crippen LogP) is 3.71. The quantitative estimate of drug-likeness (QED) is 0.772. The second kappa shape index (κ2) is 7.48. The molecular weight excluding hydrogens is 345 g/mol. The van der Waals surface area contributed by atoms with E-state index in [9.17, 15) is 14.0 Å². The Morgan fingerprint density at radius 2 is 1.78 bits per heavy atom. The van der Waals surface area contributed by atoms with Crippen molar-refractivity contribution in [2.24, 2.45) is 5.41 Å². The third kappa shape index (κ3) is 4.17. The molecule has 142 valence electrons. The highest BCUT2D eigenvalue weighted by molar-refractivity contribution is 6.10. The van der Waals surface area contributed by atoms with Gasteiger partial charge in [0, 0.05) is 12.0 Å². The number of rotatable bonds is 3. The molecule has 27 heavy (non-hydrogen) atoms. The summed E-state index contributed by atoms with van der Waals surface area (Å²) in [5.74, 6) is -1.05. The summed E-state index contributed by atoms with van der Waals surface area (Å²) in [7, 11) is 0. The molecule has 2 aromatic rings. The number of fused-ring (bicyclic) bond motifs is 1. The first-order valence-electron chi connectivity index (χ1n) is 9.00. The molecule has 1 heterocycles. The molecule has 0 bridgehead atoms. The summed E-state index contributed by atoms with van der Waals surface area (Å²) in [6.07, 6.45) is 0.586. The topological polar surface area (TPSA) is 70.2 Å². The van der Waals surface area contributed by atoms with Crippen molar-refractivity contribution >= 4 is 23.2 Å². The van der Waals surface area contributed by atoms with Crippen molar-refractivity contribution in [1.82, 2.24) is 5.32 Å². The van der Waals surface area contributed by atoms with Crippen molar-refractivity contribution in [3.05, 3.63) is 58.9 Å². The standard InChI is InChI=1S/C21H24FN3O2/c1-21(2,3)20(27)25-16-7-5-4-6-15(16)19(26)24-17-9-8-13-12-23-11-10-14(13)18(17)22/h4-9,23H,10-12H2,1-3H3,(H,24,26)(H,25,27). The Hall–Kier alpha value is -2.73. The molecule has 6 heteroatoms. The van der Waals surface area contributed by atoms with Gasteiger partial charge in [-0.25, -0.2) is 4.39 Å². The van der Waals surface area contributed by atoms with Gasteiger partial charge < -0.3 is 16.0 Å². The number of halogens is 1. The molecule has 0 aliphatic carbocycles. The molecule has 0 saturated carbocycles. The zero-order valence-electron chi connectivity index (χ0n) is 15.8. The normalized spacial score (nSPS) is 13.6. The summed E-state index contributed by atoms with van der Waals surface area (Å²) in [6, 6.07) is 10.1. The van der Waals surface area contributed by atoms with Crippen LogP contribution in [0.25, 0.3) is 0 Å². The van der Waals surface area contributed by atoms with Crippen LogP contribution in [0.2, 0.25) is 0 Å². The van der Waals surface area contributed by atoms with E-state index in [0.717, 1.165) is 5.56 Å². The van der Waals surface area contributed by atoms with E-state index in [4.69, 9.17) is 0 Å². The molecule has 2 amide bonds. The molecule has 2 aromatic carbocycles. The number of benzene rings is 2. The van der Waals surface area contributed by atoms with Gasteiger partial charge in [0.2, 0.25) is 5.91 Å². The zero-order chi connectivity index (χ0) is 19.6. The summed E-state index contributed by atoms with van der Waals surface area (Å²) < 4.78 is 14.8. The average molecular weight is 369 g/mol. The van der Waals surface area contributed by atoms with Crippen LogP contribution in [0.5, 0.6) is 0 Å². The minimum atomic E-state index is -0.595. The largest absolute Gasteiger partial charge is 0.325 e. The Morgan fingerprint density at radius 1 is 1.04 bits per heavy atom. The summed E-state index contributed by atoms with van der Waals surface area (Å²) in [5.41, 5.74) is 1.79. The number of anilines is 2. The summed E-state index contributed by atoms with van der Waals surface area (Å²) in [5, 5.41) is 8.62. The molecular formula is C21H24FN3O2. The van der Waals surface area contributed by atoms with Crippen molar-refractivity contribution in [2.75, 3.05) is 17.2 Å². The third-order valence-electron chi connectivity index (χ3n) is 4.56. The van der Waals surface area contributed by atoms with Crippen LogP contribution in [0.1, 0.15) is 42.3 Å². The van der Waals surface area contributed by atoms with Crippen LogP contribution in [0.15, 0.2) is 36.4 Å². The van der Waals surface area contributed by atoms with E-state index in [0.29, 0.717) is 30.8 Å². The fourth-order valence-electron chi connectivity index (χ4n) is 2.92. The number of nitrogens with one attached hydrogen (secondary N) is 3. The number of para-hydroxylation sites is 1. The molecule has 3 rings (SSSR count). The van der Waals surface area contributed by atoms with E-state index in [1.807, 2.05) is 6.07 Å². The van der Waals surface area contributed by atoms with Crippen molar-refractivity contribution in [1.29, 1.82) is 0 Å². The van der Waals surface area contributed by atoms with Crippen LogP contribution < -0.4 is 16.0 Å². The summed E-state index contributed by atoms with van der Waals surface area (Å²) in [6.45, 7) is 6.72. The lowest BCUT2D eigenvalue weighted by Crippen LogP contribution is -2.29. The van der Waals surface area contributed by atoms with Gasteiger partial charge in [0.15, 0.2) is 0 Å². The van der Waals surface area contributed by atoms with Gasteiger partial charge in [0.1, 0.15) is 5.82 Å². The molecule has 5 nitrogen and oxygen atoms in total. The Bertz CT molecular complexity index is 887. The molecule has 0 fully saturated rings. The first kappa shape index (κ1) is 19.0. The van der Waals surface area contributed by atoms with E-state index in [-0.39, 0.29) is 17.2 Å². The predicted molar refractivity (Wildman–Crippen MR) is 104 cm³/mol. The monoisotopic (exact) mass is 369 g/mol. The minimum absolute atomic E-state index is 0.151. The van der Waals surface area contributed by atoms with Crippen molar-refractivity contribution in [3.63, 3.8) is 0 Å². The van der Waals surface area contributed by atoms with Crippen LogP contribution in [0.3, 0.4) is 0 Å². The zero-order valence-corrected chi connectivity index (χ0v) is 15.8. The van der Waals surface area contributed by atoms with Crippen LogP contribution in [-0.2, 0) is 17.8 Å². The SMILES string of the molecule is CC(C)(C)C(=O)Nc1ccccc1C(=O)Nc1ccc2c(c1F)CCNC2. The number of carbonyl (C=O) groups excluding carboxylic acids is 2. The lowest BCUT2D eigenvalue weighted by atomic mass is 9.95. The smallest absolute Gasteiger partial charge is 0.257 e. The van der Waals surface area contributed by atoms with Gasteiger partial charge in [-0.2, -0.15) is 0 Å². The maximum atomic E-state index is 14.8. The Labute approximate surface area is 158 Å². The molecule has 0 aromatic heterocycles. The van der Waals surface area contributed by atoms with Gasteiger partial charge in [-0.15, -0.1) is 0 Å². The molecule has 1 aliphatic rings. The van der Waals surface area contributed by atoms with Gasteiger partial charge in [-0.1, -0.05) is 39.0 Å². The lowest BCUT2D eigenvalue weighted by molar-refractivity contribution is -0.123. The second-order valence-electron chi connectivity index (χ2n) is 7.70. The fraction of sp³-hybridized carbons (Fsp3) is 0.333. The Kier molecular flexibility index (Phi) is 5.28. The number of carbonyl (C=O) groups is 2. The van der Waals surface area contributed by atoms with Gasteiger partial charge in [0.05, 0.1) is 16.9 Å². The van der Waals surface area contributed by atoms with E-state index in [1.165, 1.54) is 0 Å². The maximum absolute atomic E-state index is 14.8. The molecule has 0 unspecified atom stereocenters. The van der Waals surface area contributed by atoms with Crippen LogP contribution in [-0.4, -0.2) is 18.4 Å². The minimum Gasteiger partial charge on any atom is -0.325 e. The highest BCUT2D eigenvalue weighted by Crippen LogP contribution is 2.26. The fourth-order valence-corrected chi connectivity index (χ4v) is 2.92. The summed E-state index contributed by atoms with van der Waals surface area (Å²) >= 11 is 0. The van der Waals surface area contributed by atoms with Crippen LogP contribution in [0.4, 0.5) is 15.8 Å². The average Bonchev–Trinajstić information content (AvgIpc) is 2.64. The van der Waals surface area contributed by atoms with Crippen LogP contribution in [0, 0.1) is 11.2 Å². The summed E-state index contributed by atoms with van der Waals surface area (Å²) in [4.78, 5) is 25.0. The molecule has 1 aliphatic heterocycles. The van der Waals surface area contributed by atoms with Gasteiger partial charge in [-0.05, 0) is 42.3 Å². The molecule has 3 N–H and O–H groups in total. The van der Waals surface area contributed by atoms with Crippen molar-refractivity contribution < 1.29 is 14.0 Å². The molecule has 0 atom stereocenters. The third-order valence-corrected chi connectivity index (χ3v) is 4.56. The van der Waals surface area contributed by atoms with E-state index in [2.05, 4.69) is 16.0 Å². The second-order valence-corrected chi connectivity index (χ2v) is 7.70. The maximum Gasteiger partial charge on any atom is 0.257 e. The highest BCUT2D eigenvalue weighted by atomic mass is 19.1. The molecule has 0 saturated heterocycles. The lowest BCUT2D eigenvalue weighted by Gasteiger charge is -2.20. The molecule has 0 spiro atoms. The van der Waals surface area contributed by atoms with Gasteiger partial charge in [-0.3, -0.25) is 9.59 Å². The van der Waals surface area contributed by atoms with E-state index >= 15 is 0 Å². The van der Waals surface area contributed by atoms with Gasteiger partial charge >= 0.3 is 0 Å². The Morgan fingerprint density at radius 3 is 2.52 bits per heavy atom. The van der Waals surface area contributed by atoms with Crippen LogP contribution >= 0.6 is 0 Å². The van der Waals surface area contributed by atoms with E-state index in [1.54, 1.807) is 51.1 Å². The highest BCUT2D eigenvalue weighted by Gasteiger charge is 2.24. The van der Waals surface area contributed by atoms with Gasteiger partial charge in [0.25, 0.3) is 5.91 Å². The van der Waals surface area contributed by atoms with Crippen molar-refractivity contribution in [2.45, 2.75) is 33.7 Å². The first-order chi connectivity index (χ1) is 12.8. The number of hydrogen-bond acceptors (Lipinski definition) is 3. The number of hydrogen-bond donors (Lipinski definition) is 3. The number of amides is 2. The van der Waals surface area contributed by atoms with E-state index < -0.39 is 17.1 Å². The molecule has 0 radical (unpaired) electrons. The Balaban J connectivity index is 1.84. The first-order valence-corrected chi connectivity index (χ1v) is 9.00.